The molecule has 0 aliphatic rings. The lowest BCUT2D eigenvalue weighted by molar-refractivity contribution is 0.0691. The van der Waals surface area contributed by atoms with Gasteiger partial charge in [-0.2, -0.15) is 0 Å². The van der Waals surface area contributed by atoms with E-state index >= 15 is 0 Å². The minimum atomic E-state index is -1.12. The molecular formula is C15H15ClN2O2. The van der Waals surface area contributed by atoms with E-state index in [9.17, 15) is 4.79 Å². The van der Waals surface area contributed by atoms with Crippen LogP contribution in [0.4, 0.5) is 5.82 Å². The molecule has 1 heterocycles. The maximum Gasteiger partial charge on any atom is 0.356 e. The maximum atomic E-state index is 10.9. The topological polar surface area (TPSA) is 62.2 Å². The van der Waals surface area contributed by atoms with Crippen molar-refractivity contribution >= 4 is 23.4 Å². The number of benzene rings is 1. The highest BCUT2D eigenvalue weighted by molar-refractivity contribution is 6.33. The first-order valence-corrected chi connectivity index (χ1v) is 6.72. The molecule has 0 saturated carbocycles. The molecule has 5 heteroatoms. The number of halogens is 1. The van der Waals surface area contributed by atoms with Gasteiger partial charge in [-0.05, 0) is 30.5 Å². The molecule has 0 unspecified atom stereocenters. The number of rotatable bonds is 6. The van der Waals surface area contributed by atoms with Crippen LogP contribution >= 0.6 is 11.6 Å². The normalized spacial score (nSPS) is 10.2. The summed E-state index contributed by atoms with van der Waals surface area (Å²) in [5.41, 5.74) is 1.16. The Bertz CT molecular complexity index is 588. The molecule has 2 aromatic rings. The van der Waals surface area contributed by atoms with Crippen LogP contribution in [-0.4, -0.2) is 22.6 Å². The van der Waals surface area contributed by atoms with Crippen molar-refractivity contribution in [3.05, 3.63) is 58.7 Å². The van der Waals surface area contributed by atoms with Gasteiger partial charge in [0.1, 0.15) is 5.82 Å². The Kier molecular flexibility index (Phi) is 4.96. The molecule has 0 aliphatic carbocycles. The zero-order chi connectivity index (χ0) is 14.4. The van der Waals surface area contributed by atoms with Gasteiger partial charge in [-0.3, -0.25) is 0 Å². The third-order valence-electron chi connectivity index (χ3n) is 2.84. The number of carbonyl (C=O) groups is 1. The number of hydrogen-bond acceptors (Lipinski definition) is 3. The molecule has 0 bridgehead atoms. The van der Waals surface area contributed by atoms with Crippen LogP contribution in [0.15, 0.2) is 42.5 Å². The van der Waals surface area contributed by atoms with Crippen LogP contribution in [0.2, 0.25) is 5.02 Å². The highest BCUT2D eigenvalue weighted by atomic mass is 35.5. The largest absolute Gasteiger partial charge is 0.476 e. The minimum Gasteiger partial charge on any atom is -0.476 e. The molecule has 0 aliphatic heterocycles. The van der Waals surface area contributed by atoms with Gasteiger partial charge in [-0.1, -0.05) is 41.9 Å². The Morgan fingerprint density at radius 3 is 2.65 bits per heavy atom. The first-order valence-electron chi connectivity index (χ1n) is 6.34. The number of hydrogen-bond donors (Lipinski definition) is 2. The molecule has 1 aromatic carbocycles. The monoisotopic (exact) mass is 290 g/mol. The second kappa shape index (κ2) is 6.91. The van der Waals surface area contributed by atoms with Crippen molar-refractivity contribution in [2.75, 3.05) is 11.9 Å². The van der Waals surface area contributed by atoms with Gasteiger partial charge in [-0.15, -0.1) is 0 Å². The van der Waals surface area contributed by atoms with E-state index in [1.807, 2.05) is 18.2 Å². The summed E-state index contributed by atoms with van der Waals surface area (Å²) in [6, 6.07) is 13.4. The Balaban J connectivity index is 1.85. The molecule has 0 fully saturated rings. The Morgan fingerprint density at radius 2 is 1.95 bits per heavy atom. The number of nitrogens with zero attached hydrogens (tertiary/aromatic N) is 1. The fourth-order valence-corrected chi connectivity index (χ4v) is 2.03. The highest BCUT2D eigenvalue weighted by Gasteiger charge is 2.10. The van der Waals surface area contributed by atoms with E-state index in [1.165, 1.54) is 11.6 Å². The van der Waals surface area contributed by atoms with Crippen molar-refractivity contribution in [2.45, 2.75) is 12.8 Å². The van der Waals surface area contributed by atoms with Crippen molar-refractivity contribution in [3.63, 3.8) is 0 Å². The van der Waals surface area contributed by atoms with E-state index in [0.29, 0.717) is 5.82 Å². The van der Waals surface area contributed by atoms with E-state index in [2.05, 4.69) is 22.4 Å². The molecule has 0 atom stereocenters. The molecule has 1 aromatic heterocycles. The number of carboxylic acids is 1. The molecule has 104 valence electrons. The van der Waals surface area contributed by atoms with Crippen LogP contribution in [0.3, 0.4) is 0 Å². The molecule has 4 nitrogen and oxygen atoms in total. The lowest BCUT2D eigenvalue weighted by Gasteiger charge is -2.07. The van der Waals surface area contributed by atoms with Crippen LogP contribution in [0.1, 0.15) is 22.5 Å². The fourth-order valence-electron chi connectivity index (χ4n) is 1.84. The number of carboxylic acid groups (broad SMARTS) is 1. The number of pyridine rings is 1. The smallest absolute Gasteiger partial charge is 0.356 e. The number of aromatic nitrogens is 1. The second-order valence-electron chi connectivity index (χ2n) is 4.35. The van der Waals surface area contributed by atoms with Crippen molar-refractivity contribution in [1.82, 2.24) is 4.98 Å². The first-order chi connectivity index (χ1) is 9.66. The molecule has 20 heavy (non-hydrogen) atoms. The molecular weight excluding hydrogens is 276 g/mol. The zero-order valence-corrected chi connectivity index (χ0v) is 11.6. The highest BCUT2D eigenvalue weighted by Crippen LogP contribution is 2.16. The first kappa shape index (κ1) is 14.3. The van der Waals surface area contributed by atoms with Gasteiger partial charge < -0.3 is 10.4 Å². The maximum absolute atomic E-state index is 10.9. The summed E-state index contributed by atoms with van der Waals surface area (Å²) >= 11 is 5.76. The van der Waals surface area contributed by atoms with Gasteiger partial charge in [0.25, 0.3) is 0 Å². The van der Waals surface area contributed by atoms with Gasteiger partial charge in [0, 0.05) is 6.54 Å². The van der Waals surface area contributed by atoms with E-state index in [-0.39, 0.29) is 10.7 Å². The fraction of sp³-hybridized carbons (Fsp3) is 0.200. The van der Waals surface area contributed by atoms with E-state index < -0.39 is 5.97 Å². The summed E-state index contributed by atoms with van der Waals surface area (Å²) in [6.45, 7) is 0.725. The summed E-state index contributed by atoms with van der Waals surface area (Å²) in [6.07, 6.45) is 1.91. The summed E-state index contributed by atoms with van der Waals surface area (Å²) < 4.78 is 0. The molecule has 0 amide bonds. The molecule has 0 radical (unpaired) electrons. The SMILES string of the molecule is O=C(O)c1nc(NCCCc2ccccc2)ccc1Cl. The predicted octanol–water partition coefficient (Wildman–Crippen LogP) is 3.48. The summed E-state index contributed by atoms with van der Waals surface area (Å²) in [7, 11) is 0. The molecule has 0 spiro atoms. The van der Waals surface area contributed by atoms with Crippen molar-refractivity contribution in [2.24, 2.45) is 0 Å². The van der Waals surface area contributed by atoms with Gasteiger partial charge in [0.15, 0.2) is 5.69 Å². The predicted molar refractivity (Wildman–Crippen MR) is 79.5 cm³/mol. The standard InChI is InChI=1S/C15H15ClN2O2/c16-12-8-9-13(18-14(12)15(19)20)17-10-4-7-11-5-2-1-3-6-11/h1-3,5-6,8-9H,4,7,10H2,(H,17,18)(H,19,20). The molecule has 2 N–H and O–H groups in total. The van der Waals surface area contributed by atoms with Crippen molar-refractivity contribution < 1.29 is 9.90 Å². The average molecular weight is 291 g/mol. The van der Waals surface area contributed by atoms with Crippen LogP contribution in [0.5, 0.6) is 0 Å². The average Bonchev–Trinajstić information content (AvgIpc) is 2.46. The van der Waals surface area contributed by atoms with Gasteiger partial charge in [0.2, 0.25) is 0 Å². The van der Waals surface area contributed by atoms with E-state index in [0.717, 1.165) is 19.4 Å². The minimum absolute atomic E-state index is 0.125. The third-order valence-corrected chi connectivity index (χ3v) is 3.14. The Morgan fingerprint density at radius 1 is 1.20 bits per heavy atom. The zero-order valence-electron chi connectivity index (χ0n) is 10.8. The molecule has 0 saturated heterocycles. The second-order valence-corrected chi connectivity index (χ2v) is 4.76. The lowest BCUT2D eigenvalue weighted by Crippen LogP contribution is -2.08. The van der Waals surface area contributed by atoms with Gasteiger partial charge >= 0.3 is 5.97 Å². The van der Waals surface area contributed by atoms with Gasteiger partial charge in [0.05, 0.1) is 5.02 Å². The Hall–Kier alpha value is -2.07. The van der Waals surface area contributed by atoms with Gasteiger partial charge in [-0.25, -0.2) is 9.78 Å². The van der Waals surface area contributed by atoms with Crippen LogP contribution < -0.4 is 5.32 Å². The van der Waals surface area contributed by atoms with Crippen LogP contribution in [0.25, 0.3) is 0 Å². The van der Waals surface area contributed by atoms with Crippen molar-refractivity contribution in [1.29, 1.82) is 0 Å². The van der Waals surface area contributed by atoms with Crippen LogP contribution in [-0.2, 0) is 6.42 Å². The quantitative estimate of drug-likeness (QED) is 0.800. The number of aryl methyl sites for hydroxylation is 1. The number of nitrogens with one attached hydrogen (secondary N) is 1. The third kappa shape index (κ3) is 3.96. The summed E-state index contributed by atoms with van der Waals surface area (Å²) in [5.74, 6) is -0.595. The van der Waals surface area contributed by atoms with E-state index in [4.69, 9.17) is 16.7 Å². The summed E-state index contributed by atoms with van der Waals surface area (Å²) in [4.78, 5) is 14.9. The Labute approximate surface area is 122 Å². The summed E-state index contributed by atoms with van der Waals surface area (Å²) in [5, 5.41) is 12.2. The van der Waals surface area contributed by atoms with Crippen molar-refractivity contribution in [3.8, 4) is 0 Å². The molecule has 2 rings (SSSR count). The number of anilines is 1. The lowest BCUT2D eigenvalue weighted by atomic mass is 10.1. The number of aromatic carboxylic acids is 1. The van der Waals surface area contributed by atoms with E-state index in [1.54, 1.807) is 6.07 Å². The van der Waals surface area contributed by atoms with Crippen LogP contribution in [0, 0.1) is 0 Å².